The van der Waals surface area contributed by atoms with E-state index in [1.807, 2.05) is 17.5 Å². The number of carbonyl (C=O) groups excluding carboxylic acids is 3. The SMILES string of the molecule is CCCCCCCCCCCCCNCC(=O)N(CCCN=C(N)N)CC(=O)N(CC(N)=O)Cc1cccs1. The van der Waals surface area contributed by atoms with Crippen LogP contribution in [0.1, 0.15) is 88.9 Å². The van der Waals surface area contributed by atoms with Gasteiger partial charge >= 0.3 is 0 Å². The Morgan fingerprint density at radius 1 is 0.846 bits per heavy atom. The summed E-state index contributed by atoms with van der Waals surface area (Å²) in [6.45, 7) is 3.75. The highest BCUT2D eigenvalue weighted by molar-refractivity contribution is 7.09. The monoisotopic (exact) mass is 565 g/mol. The van der Waals surface area contributed by atoms with Crippen LogP contribution in [-0.2, 0) is 20.9 Å². The number of nitrogens with zero attached hydrogens (tertiary/aromatic N) is 3. The molecule has 0 aliphatic rings. The Bertz CT molecular complexity index is 829. The van der Waals surface area contributed by atoms with Gasteiger partial charge < -0.3 is 32.3 Å². The van der Waals surface area contributed by atoms with Crippen LogP contribution in [0.2, 0.25) is 0 Å². The van der Waals surface area contributed by atoms with Gasteiger partial charge in [-0.2, -0.15) is 0 Å². The number of carbonyl (C=O) groups is 3. The number of rotatable bonds is 24. The Labute approximate surface area is 238 Å². The van der Waals surface area contributed by atoms with Crippen LogP contribution < -0.4 is 22.5 Å². The molecular formula is C28H51N7O3S. The summed E-state index contributed by atoms with van der Waals surface area (Å²) in [6, 6.07) is 3.77. The lowest BCUT2D eigenvalue weighted by Gasteiger charge is -2.27. The van der Waals surface area contributed by atoms with Crippen molar-refractivity contribution in [3.8, 4) is 0 Å². The number of nitrogens with one attached hydrogen (secondary N) is 1. The summed E-state index contributed by atoms with van der Waals surface area (Å²) in [5, 5.41) is 5.13. The Morgan fingerprint density at radius 3 is 2.05 bits per heavy atom. The maximum atomic E-state index is 13.1. The molecule has 0 aliphatic heterocycles. The normalized spacial score (nSPS) is 10.8. The Kier molecular flexibility index (Phi) is 19.6. The van der Waals surface area contributed by atoms with Gasteiger partial charge in [-0.3, -0.25) is 19.4 Å². The molecule has 0 bridgehead atoms. The molecule has 0 aliphatic carbocycles. The fraction of sp³-hybridized carbons (Fsp3) is 0.714. The Hall–Kier alpha value is -2.66. The molecule has 0 radical (unpaired) electrons. The van der Waals surface area contributed by atoms with E-state index in [0.29, 0.717) is 19.5 Å². The van der Waals surface area contributed by atoms with Gasteiger partial charge in [0.05, 0.1) is 26.2 Å². The third kappa shape index (κ3) is 18.3. The van der Waals surface area contributed by atoms with E-state index in [9.17, 15) is 14.4 Å². The standard InChI is InChI=1S/C28H51N7O3S/c1-2-3-4-5-6-7-8-9-10-11-12-16-32-20-26(37)34(18-14-17-33-28(30)31)23-27(38)35(22-25(29)36)21-24-15-13-19-39-24/h13,15,19,32H,2-12,14,16-18,20-23H2,1H3,(H2,29,36)(H4,30,31,33). The van der Waals surface area contributed by atoms with Gasteiger partial charge in [-0.15, -0.1) is 11.3 Å². The molecular weight excluding hydrogens is 514 g/mol. The molecule has 0 fully saturated rings. The fourth-order valence-corrected chi connectivity index (χ4v) is 4.98. The number of amides is 3. The van der Waals surface area contributed by atoms with Gasteiger partial charge in [-0.25, -0.2) is 0 Å². The lowest BCUT2D eigenvalue weighted by Crippen LogP contribution is -2.47. The molecule has 11 heteroatoms. The van der Waals surface area contributed by atoms with Crippen LogP contribution in [0.25, 0.3) is 0 Å². The molecule has 1 heterocycles. The van der Waals surface area contributed by atoms with Crippen molar-refractivity contribution in [2.75, 3.05) is 39.3 Å². The molecule has 39 heavy (non-hydrogen) atoms. The average Bonchev–Trinajstić information content (AvgIpc) is 3.40. The van der Waals surface area contributed by atoms with Gasteiger partial charge in [0.2, 0.25) is 17.7 Å². The van der Waals surface area contributed by atoms with Crippen molar-refractivity contribution in [1.82, 2.24) is 15.1 Å². The highest BCUT2D eigenvalue weighted by Gasteiger charge is 2.22. The minimum Gasteiger partial charge on any atom is -0.370 e. The van der Waals surface area contributed by atoms with Crippen molar-refractivity contribution < 1.29 is 14.4 Å². The number of unbranched alkanes of at least 4 members (excludes halogenated alkanes) is 10. The second-order valence-corrected chi connectivity index (χ2v) is 11.0. The third-order valence-electron chi connectivity index (χ3n) is 6.42. The number of thiophene rings is 1. The largest absolute Gasteiger partial charge is 0.370 e. The van der Waals surface area contributed by atoms with E-state index in [-0.39, 0.29) is 44.0 Å². The molecule has 0 spiro atoms. The maximum Gasteiger partial charge on any atom is 0.242 e. The van der Waals surface area contributed by atoms with Gasteiger partial charge in [-0.1, -0.05) is 77.2 Å². The predicted octanol–water partition coefficient (Wildman–Crippen LogP) is 2.95. The van der Waals surface area contributed by atoms with Crippen molar-refractivity contribution in [2.45, 2.75) is 90.5 Å². The first-order chi connectivity index (χ1) is 18.8. The quantitative estimate of drug-likeness (QED) is 0.0856. The van der Waals surface area contributed by atoms with Crippen molar-refractivity contribution in [3.05, 3.63) is 22.4 Å². The molecule has 0 atom stereocenters. The molecule has 0 aromatic carbocycles. The van der Waals surface area contributed by atoms with E-state index >= 15 is 0 Å². The van der Waals surface area contributed by atoms with Crippen LogP contribution in [0.4, 0.5) is 0 Å². The van der Waals surface area contributed by atoms with E-state index in [4.69, 9.17) is 17.2 Å². The topological polar surface area (TPSA) is 160 Å². The fourth-order valence-electron chi connectivity index (χ4n) is 4.26. The zero-order valence-electron chi connectivity index (χ0n) is 23.9. The minimum atomic E-state index is -0.598. The highest BCUT2D eigenvalue weighted by atomic mass is 32.1. The van der Waals surface area contributed by atoms with Crippen LogP contribution in [0, 0.1) is 0 Å². The van der Waals surface area contributed by atoms with Gasteiger partial charge in [0, 0.05) is 18.0 Å². The molecule has 3 amide bonds. The number of guanidine groups is 1. The molecule has 0 unspecified atom stereocenters. The molecule has 1 aromatic heterocycles. The summed E-state index contributed by atoms with van der Waals surface area (Å²) in [6.07, 6.45) is 14.5. The third-order valence-corrected chi connectivity index (χ3v) is 7.28. The molecule has 1 aromatic rings. The Morgan fingerprint density at radius 2 is 1.49 bits per heavy atom. The lowest BCUT2D eigenvalue weighted by atomic mass is 10.1. The number of hydrogen-bond acceptors (Lipinski definition) is 6. The predicted molar refractivity (Wildman–Crippen MR) is 160 cm³/mol. The van der Waals surface area contributed by atoms with Crippen LogP contribution in [0.15, 0.2) is 22.5 Å². The first-order valence-electron chi connectivity index (χ1n) is 14.5. The number of hydrogen-bond donors (Lipinski definition) is 4. The van der Waals surface area contributed by atoms with Crippen molar-refractivity contribution in [3.63, 3.8) is 0 Å². The van der Waals surface area contributed by atoms with Gasteiger partial charge in [-0.05, 0) is 30.8 Å². The summed E-state index contributed by atoms with van der Waals surface area (Å²) < 4.78 is 0. The van der Waals surface area contributed by atoms with Crippen LogP contribution in [-0.4, -0.2) is 72.7 Å². The van der Waals surface area contributed by atoms with E-state index in [1.54, 1.807) is 0 Å². The number of aliphatic imine (C=N–C) groups is 1. The second kappa shape index (κ2) is 22.2. The van der Waals surface area contributed by atoms with Crippen LogP contribution >= 0.6 is 11.3 Å². The number of primary amides is 1. The molecule has 0 saturated heterocycles. The zero-order valence-corrected chi connectivity index (χ0v) is 24.7. The van der Waals surface area contributed by atoms with E-state index in [2.05, 4.69) is 17.2 Å². The lowest BCUT2D eigenvalue weighted by molar-refractivity contribution is -0.141. The molecule has 7 N–H and O–H groups in total. The van der Waals surface area contributed by atoms with Crippen molar-refractivity contribution >= 4 is 35.0 Å². The first-order valence-corrected chi connectivity index (χ1v) is 15.3. The molecule has 1 rings (SSSR count). The summed E-state index contributed by atoms with van der Waals surface area (Å²) in [7, 11) is 0. The van der Waals surface area contributed by atoms with Gasteiger partial charge in [0.1, 0.15) is 0 Å². The highest BCUT2D eigenvalue weighted by Crippen LogP contribution is 2.13. The second-order valence-electron chi connectivity index (χ2n) is 9.98. The van der Waals surface area contributed by atoms with Crippen molar-refractivity contribution in [2.24, 2.45) is 22.2 Å². The van der Waals surface area contributed by atoms with E-state index < -0.39 is 5.91 Å². The minimum absolute atomic E-state index is 0.0128. The summed E-state index contributed by atoms with van der Waals surface area (Å²) in [5.41, 5.74) is 16.2. The van der Waals surface area contributed by atoms with E-state index in [1.165, 1.54) is 78.9 Å². The Balaban J connectivity index is 2.45. The maximum absolute atomic E-state index is 13.1. The first kappa shape index (κ1) is 34.4. The summed E-state index contributed by atoms with van der Waals surface area (Å²) in [4.78, 5) is 45.5. The summed E-state index contributed by atoms with van der Waals surface area (Å²) in [5.74, 6) is -1.12. The summed E-state index contributed by atoms with van der Waals surface area (Å²) >= 11 is 1.49. The smallest absolute Gasteiger partial charge is 0.242 e. The zero-order chi connectivity index (χ0) is 28.7. The number of nitrogens with two attached hydrogens (primary N) is 3. The average molecular weight is 566 g/mol. The van der Waals surface area contributed by atoms with Crippen molar-refractivity contribution in [1.29, 1.82) is 0 Å². The van der Waals surface area contributed by atoms with E-state index in [0.717, 1.165) is 24.3 Å². The van der Waals surface area contributed by atoms with Gasteiger partial charge in [0.15, 0.2) is 5.96 Å². The molecule has 222 valence electrons. The van der Waals surface area contributed by atoms with Gasteiger partial charge in [0.25, 0.3) is 0 Å². The molecule has 0 saturated carbocycles. The van der Waals surface area contributed by atoms with Crippen LogP contribution in [0.5, 0.6) is 0 Å². The van der Waals surface area contributed by atoms with Crippen LogP contribution in [0.3, 0.4) is 0 Å². The molecule has 10 nitrogen and oxygen atoms in total.